The number of para-hydroxylation sites is 1. The minimum absolute atomic E-state index is 0.129. The average molecular weight is 376 g/mol. The van der Waals surface area contributed by atoms with E-state index in [0.717, 1.165) is 30.0 Å². The van der Waals surface area contributed by atoms with Crippen LogP contribution in [0.1, 0.15) is 11.1 Å². The standard InChI is InChI=1S/C20H26F2N4O/c1-23-20(25-14-16-12-17(21)8-9-18(16)22)24-13-15-6-4-5-7-19(15)27-11-10-26(2)3/h4-9,12H,10-11,13-14H2,1-3H3,(H2,23,24,25). The van der Waals surface area contributed by atoms with Crippen LogP contribution in [0, 0.1) is 11.6 Å². The highest BCUT2D eigenvalue weighted by Gasteiger charge is 2.07. The molecule has 0 radical (unpaired) electrons. The van der Waals surface area contributed by atoms with Gasteiger partial charge in [0.05, 0.1) is 0 Å². The molecule has 0 atom stereocenters. The van der Waals surface area contributed by atoms with Crippen LogP contribution >= 0.6 is 0 Å². The summed E-state index contributed by atoms with van der Waals surface area (Å²) in [7, 11) is 5.61. The highest BCUT2D eigenvalue weighted by Crippen LogP contribution is 2.17. The van der Waals surface area contributed by atoms with Crippen molar-refractivity contribution >= 4 is 5.96 Å². The number of benzene rings is 2. The largest absolute Gasteiger partial charge is 0.492 e. The molecule has 0 aromatic heterocycles. The second-order valence-corrected chi connectivity index (χ2v) is 6.27. The highest BCUT2D eigenvalue weighted by molar-refractivity contribution is 5.79. The van der Waals surface area contributed by atoms with Crippen LogP contribution in [0.3, 0.4) is 0 Å². The second kappa shape index (κ2) is 10.5. The Morgan fingerprint density at radius 3 is 2.44 bits per heavy atom. The molecule has 0 aliphatic rings. The molecule has 0 unspecified atom stereocenters. The molecular formula is C20H26F2N4O. The summed E-state index contributed by atoms with van der Waals surface area (Å²) in [4.78, 5) is 6.17. The predicted molar refractivity (Wildman–Crippen MR) is 104 cm³/mol. The maximum Gasteiger partial charge on any atom is 0.191 e. The summed E-state index contributed by atoms with van der Waals surface area (Å²) in [5.74, 6) is 0.360. The van der Waals surface area contributed by atoms with E-state index in [2.05, 4.69) is 20.5 Å². The topological polar surface area (TPSA) is 48.9 Å². The Hall–Kier alpha value is -2.67. The highest BCUT2D eigenvalue weighted by atomic mass is 19.1. The van der Waals surface area contributed by atoms with E-state index in [9.17, 15) is 8.78 Å². The number of hydrogen-bond acceptors (Lipinski definition) is 3. The van der Waals surface area contributed by atoms with Crippen molar-refractivity contribution in [1.82, 2.24) is 15.5 Å². The fourth-order valence-electron chi connectivity index (χ4n) is 2.39. The maximum atomic E-state index is 13.7. The van der Waals surface area contributed by atoms with Crippen LogP contribution in [-0.2, 0) is 13.1 Å². The number of ether oxygens (including phenoxy) is 1. The molecule has 0 saturated heterocycles. The Morgan fingerprint density at radius 2 is 1.74 bits per heavy atom. The van der Waals surface area contributed by atoms with Gasteiger partial charge in [-0.1, -0.05) is 18.2 Å². The van der Waals surface area contributed by atoms with Crippen molar-refractivity contribution in [3.8, 4) is 5.75 Å². The second-order valence-electron chi connectivity index (χ2n) is 6.27. The number of aliphatic imine (C=N–C) groups is 1. The van der Waals surface area contributed by atoms with E-state index in [0.29, 0.717) is 19.1 Å². The molecule has 7 heteroatoms. The lowest BCUT2D eigenvalue weighted by Gasteiger charge is -2.16. The molecule has 0 bridgehead atoms. The van der Waals surface area contributed by atoms with Crippen LogP contribution in [0.4, 0.5) is 8.78 Å². The molecule has 27 heavy (non-hydrogen) atoms. The lowest BCUT2D eigenvalue weighted by Crippen LogP contribution is -2.36. The number of nitrogens with one attached hydrogen (secondary N) is 2. The number of guanidine groups is 1. The molecule has 146 valence electrons. The van der Waals surface area contributed by atoms with Crippen molar-refractivity contribution < 1.29 is 13.5 Å². The van der Waals surface area contributed by atoms with Crippen LogP contribution in [0.25, 0.3) is 0 Å². The van der Waals surface area contributed by atoms with Crippen molar-refractivity contribution in [1.29, 1.82) is 0 Å². The first-order valence-electron chi connectivity index (χ1n) is 8.73. The van der Waals surface area contributed by atoms with Gasteiger partial charge >= 0.3 is 0 Å². The summed E-state index contributed by atoms with van der Waals surface area (Å²) in [5.41, 5.74) is 1.22. The van der Waals surface area contributed by atoms with Gasteiger partial charge in [-0.05, 0) is 38.4 Å². The Bertz CT molecular complexity index is 765. The third kappa shape index (κ3) is 6.86. The van der Waals surface area contributed by atoms with Gasteiger partial charge < -0.3 is 20.3 Å². The third-order valence-corrected chi connectivity index (χ3v) is 3.89. The molecule has 0 heterocycles. The predicted octanol–water partition coefficient (Wildman–Crippen LogP) is 2.77. The molecule has 0 aliphatic carbocycles. The lowest BCUT2D eigenvalue weighted by molar-refractivity contribution is 0.259. The number of hydrogen-bond donors (Lipinski definition) is 2. The summed E-state index contributed by atoms with van der Waals surface area (Å²) < 4.78 is 32.8. The summed E-state index contributed by atoms with van der Waals surface area (Å²) in [6, 6.07) is 11.1. The Labute approximate surface area is 159 Å². The van der Waals surface area contributed by atoms with E-state index in [1.54, 1.807) is 7.05 Å². The van der Waals surface area contributed by atoms with E-state index < -0.39 is 11.6 Å². The molecular weight excluding hydrogens is 350 g/mol. The molecule has 5 nitrogen and oxygen atoms in total. The van der Waals surface area contributed by atoms with Crippen molar-refractivity contribution in [3.05, 3.63) is 65.2 Å². The summed E-state index contributed by atoms with van der Waals surface area (Å²) in [5, 5.41) is 6.15. The van der Waals surface area contributed by atoms with E-state index >= 15 is 0 Å². The van der Waals surface area contributed by atoms with Gasteiger partial charge in [-0.15, -0.1) is 0 Å². The van der Waals surface area contributed by atoms with E-state index in [-0.39, 0.29) is 12.1 Å². The zero-order valence-corrected chi connectivity index (χ0v) is 15.9. The monoisotopic (exact) mass is 376 g/mol. The SMILES string of the molecule is CN=C(NCc1cc(F)ccc1F)NCc1ccccc1OCCN(C)C. The fraction of sp³-hybridized carbons (Fsp3) is 0.350. The number of rotatable bonds is 8. The molecule has 2 aromatic carbocycles. The molecule has 2 rings (SSSR count). The smallest absolute Gasteiger partial charge is 0.191 e. The van der Waals surface area contributed by atoms with Crippen LogP contribution < -0.4 is 15.4 Å². The average Bonchev–Trinajstić information content (AvgIpc) is 2.65. The molecule has 2 aromatic rings. The van der Waals surface area contributed by atoms with Gasteiger partial charge in [0.15, 0.2) is 5.96 Å². The minimum atomic E-state index is -0.472. The van der Waals surface area contributed by atoms with Gasteiger partial charge in [0.25, 0.3) is 0 Å². The van der Waals surface area contributed by atoms with Gasteiger partial charge in [0.1, 0.15) is 24.0 Å². The molecule has 0 fully saturated rings. The fourth-order valence-corrected chi connectivity index (χ4v) is 2.39. The van der Waals surface area contributed by atoms with Gasteiger partial charge in [0.2, 0.25) is 0 Å². The third-order valence-electron chi connectivity index (χ3n) is 3.89. The Balaban J connectivity index is 1.91. The van der Waals surface area contributed by atoms with Crippen molar-refractivity contribution in [2.75, 3.05) is 34.3 Å². The first-order valence-corrected chi connectivity index (χ1v) is 8.73. The Kier molecular flexibility index (Phi) is 8.00. The quantitative estimate of drug-likeness (QED) is 0.550. The molecule has 0 amide bonds. The van der Waals surface area contributed by atoms with Crippen LogP contribution in [0.5, 0.6) is 5.75 Å². The van der Waals surface area contributed by atoms with Crippen molar-refractivity contribution in [3.63, 3.8) is 0 Å². The number of nitrogens with zero attached hydrogens (tertiary/aromatic N) is 2. The first kappa shape index (κ1) is 20.6. The van der Waals surface area contributed by atoms with Gasteiger partial charge in [-0.2, -0.15) is 0 Å². The maximum absolute atomic E-state index is 13.7. The normalized spacial score (nSPS) is 11.6. The molecule has 0 aliphatic heterocycles. The van der Waals surface area contributed by atoms with Crippen LogP contribution in [0.15, 0.2) is 47.5 Å². The van der Waals surface area contributed by atoms with Gasteiger partial charge in [-0.3, -0.25) is 4.99 Å². The molecule has 0 saturated carbocycles. The number of halogens is 2. The number of likely N-dealkylation sites (N-methyl/N-ethyl adjacent to an activating group) is 1. The van der Waals surface area contributed by atoms with E-state index in [1.807, 2.05) is 38.4 Å². The minimum Gasteiger partial charge on any atom is -0.492 e. The Morgan fingerprint density at radius 1 is 1.04 bits per heavy atom. The van der Waals surface area contributed by atoms with E-state index in [4.69, 9.17) is 4.74 Å². The van der Waals surface area contributed by atoms with Crippen LogP contribution in [0.2, 0.25) is 0 Å². The molecule has 0 spiro atoms. The first-order chi connectivity index (χ1) is 13.0. The van der Waals surface area contributed by atoms with Gasteiger partial charge in [-0.25, -0.2) is 8.78 Å². The summed E-state index contributed by atoms with van der Waals surface area (Å²) >= 11 is 0. The lowest BCUT2D eigenvalue weighted by atomic mass is 10.2. The summed E-state index contributed by atoms with van der Waals surface area (Å²) in [6.07, 6.45) is 0. The zero-order valence-electron chi connectivity index (χ0n) is 15.9. The summed E-state index contributed by atoms with van der Waals surface area (Å²) in [6.45, 7) is 2.04. The molecule has 2 N–H and O–H groups in total. The zero-order chi connectivity index (χ0) is 19.6. The van der Waals surface area contributed by atoms with Crippen molar-refractivity contribution in [2.24, 2.45) is 4.99 Å². The van der Waals surface area contributed by atoms with Gasteiger partial charge in [0, 0.05) is 37.8 Å². The van der Waals surface area contributed by atoms with Crippen LogP contribution in [-0.4, -0.2) is 45.2 Å². The van der Waals surface area contributed by atoms with E-state index in [1.165, 1.54) is 6.07 Å². The van der Waals surface area contributed by atoms with Crippen molar-refractivity contribution in [2.45, 2.75) is 13.1 Å².